The van der Waals surface area contributed by atoms with E-state index < -0.39 is 33.0 Å². The first kappa shape index (κ1) is 35.4. The Morgan fingerprint density at radius 1 is 0.628 bits per heavy atom. The SMILES string of the molecule is C=C(C(=C)[Si](C)(C)C)[Si](C)(C)C.O=C([NH][Ti]1([CH]2C3C=CC=CC3C3CCCCC32)[CH2][CH2]1)C1CCCCCCCCCCC1. The van der Waals surface area contributed by atoms with E-state index in [-0.39, 0.29) is 0 Å². The fourth-order valence-electron chi connectivity index (χ4n) is 8.96. The molecular formula is C38H67NOSi2Ti. The molecule has 1 amide bonds. The van der Waals surface area contributed by atoms with Crippen molar-refractivity contribution in [1.29, 1.82) is 0 Å². The minimum absolute atomic E-state index is 0.309. The summed E-state index contributed by atoms with van der Waals surface area (Å²) in [5, 5.41) is 2.73. The van der Waals surface area contributed by atoms with E-state index in [1.54, 1.807) is 0 Å². The molecule has 0 spiro atoms. The summed E-state index contributed by atoms with van der Waals surface area (Å²) >= 11 is -2.25. The Labute approximate surface area is 272 Å². The average molecular weight is 658 g/mol. The monoisotopic (exact) mass is 657 g/mol. The number of hydrogen-bond acceptors (Lipinski definition) is 1. The van der Waals surface area contributed by atoms with Crippen LogP contribution in [0, 0.1) is 29.6 Å². The summed E-state index contributed by atoms with van der Waals surface area (Å²) in [5.74, 6) is 4.16. The molecule has 0 aromatic rings. The zero-order valence-electron chi connectivity index (χ0n) is 29.1. The maximum absolute atomic E-state index is 13.7. The second-order valence-electron chi connectivity index (χ2n) is 17.1. The molecular weight excluding hydrogens is 590 g/mol. The van der Waals surface area contributed by atoms with Crippen molar-refractivity contribution in [3.05, 3.63) is 47.9 Å². The van der Waals surface area contributed by atoms with Crippen LogP contribution in [0.25, 0.3) is 0 Å². The molecule has 0 bridgehead atoms. The number of rotatable bonds is 6. The number of fused-ring (bicyclic) bond motifs is 3. The van der Waals surface area contributed by atoms with Crippen molar-refractivity contribution in [2.75, 3.05) is 0 Å². The van der Waals surface area contributed by atoms with Crippen molar-refractivity contribution >= 4 is 22.1 Å². The van der Waals surface area contributed by atoms with Gasteiger partial charge in [-0.3, -0.25) is 0 Å². The number of hydrogen-bond donors (Lipinski definition) is 1. The van der Waals surface area contributed by atoms with Crippen molar-refractivity contribution in [3.8, 4) is 0 Å². The molecule has 1 aliphatic heterocycles. The van der Waals surface area contributed by atoms with Crippen molar-refractivity contribution in [3.63, 3.8) is 0 Å². The summed E-state index contributed by atoms with van der Waals surface area (Å²) in [4.78, 5) is 13.7. The third-order valence-electron chi connectivity index (χ3n) is 11.9. The van der Waals surface area contributed by atoms with E-state index in [9.17, 15) is 4.79 Å². The van der Waals surface area contributed by atoms with Crippen LogP contribution in [-0.2, 0) is 21.6 Å². The van der Waals surface area contributed by atoms with Gasteiger partial charge in [-0.2, -0.15) is 0 Å². The third kappa shape index (κ3) is 9.32. The summed E-state index contributed by atoms with van der Waals surface area (Å²) in [6.45, 7) is 22.4. The first-order valence-corrected chi connectivity index (χ1v) is 29.3. The molecule has 1 N–H and O–H groups in total. The molecule has 1 saturated heterocycles. The quantitative estimate of drug-likeness (QED) is 0.223. The van der Waals surface area contributed by atoms with Crippen LogP contribution < -0.4 is 3.80 Å². The van der Waals surface area contributed by atoms with E-state index in [0.29, 0.717) is 11.8 Å². The molecule has 5 atom stereocenters. The van der Waals surface area contributed by atoms with E-state index in [0.717, 1.165) is 40.7 Å². The van der Waals surface area contributed by atoms with E-state index in [4.69, 9.17) is 0 Å². The van der Waals surface area contributed by atoms with Gasteiger partial charge in [0.1, 0.15) is 0 Å². The first-order valence-electron chi connectivity index (χ1n) is 18.4. The molecule has 2 nitrogen and oxygen atoms in total. The summed E-state index contributed by atoms with van der Waals surface area (Å²) in [7, 11) is -2.39. The Bertz CT molecular complexity index is 994. The summed E-state index contributed by atoms with van der Waals surface area (Å²) in [6.07, 6.45) is 30.0. The number of carbonyl (C=O) groups is 1. The van der Waals surface area contributed by atoms with Crippen LogP contribution in [0.4, 0.5) is 0 Å². The zero-order valence-corrected chi connectivity index (χ0v) is 32.7. The van der Waals surface area contributed by atoms with Crippen LogP contribution in [0.1, 0.15) is 96.3 Å². The van der Waals surface area contributed by atoms with Crippen molar-refractivity contribution in [2.24, 2.45) is 29.6 Å². The molecule has 0 radical (unpaired) electrons. The third-order valence-corrected chi connectivity index (χ3v) is 23.3. The van der Waals surface area contributed by atoms with Gasteiger partial charge in [0.2, 0.25) is 0 Å². The van der Waals surface area contributed by atoms with Crippen LogP contribution in [-0.4, -0.2) is 22.1 Å². The average Bonchev–Trinajstić information content (AvgIpc) is 3.63. The van der Waals surface area contributed by atoms with Gasteiger partial charge in [-0.15, -0.1) is 0 Å². The Hall–Kier alpha value is -0.422. The van der Waals surface area contributed by atoms with Crippen LogP contribution in [0.3, 0.4) is 0 Å². The summed E-state index contributed by atoms with van der Waals surface area (Å²) in [6, 6.07) is 0. The van der Waals surface area contributed by atoms with E-state index in [2.05, 4.69) is 80.5 Å². The zero-order chi connectivity index (χ0) is 31.3. The molecule has 0 aromatic carbocycles. The van der Waals surface area contributed by atoms with Crippen LogP contribution >= 0.6 is 0 Å². The molecule has 5 rings (SSSR count). The van der Waals surface area contributed by atoms with Crippen LogP contribution in [0.15, 0.2) is 47.9 Å². The Morgan fingerprint density at radius 2 is 1.05 bits per heavy atom. The van der Waals surface area contributed by atoms with Crippen molar-refractivity contribution in [1.82, 2.24) is 3.80 Å². The van der Waals surface area contributed by atoms with Crippen molar-refractivity contribution < 1.29 is 21.6 Å². The van der Waals surface area contributed by atoms with E-state index >= 15 is 0 Å². The molecule has 4 fully saturated rings. The molecule has 5 unspecified atom stereocenters. The molecule has 0 aromatic heterocycles. The second-order valence-corrected chi connectivity index (χ2v) is 33.9. The molecule has 1 heterocycles. The molecule has 5 heteroatoms. The van der Waals surface area contributed by atoms with Gasteiger partial charge in [-0.25, -0.2) is 0 Å². The van der Waals surface area contributed by atoms with E-state index in [1.807, 2.05) is 0 Å². The molecule has 4 aliphatic carbocycles. The van der Waals surface area contributed by atoms with Gasteiger partial charge in [0.25, 0.3) is 0 Å². The predicted molar refractivity (Wildman–Crippen MR) is 191 cm³/mol. The normalized spacial score (nSPS) is 31.3. The Morgan fingerprint density at radius 3 is 1.51 bits per heavy atom. The molecule has 242 valence electrons. The van der Waals surface area contributed by atoms with Gasteiger partial charge < -0.3 is 0 Å². The van der Waals surface area contributed by atoms with Gasteiger partial charge in [-0.05, 0) is 0 Å². The molecule has 5 aliphatic rings. The van der Waals surface area contributed by atoms with Crippen molar-refractivity contribution in [2.45, 2.75) is 149 Å². The second kappa shape index (κ2) is 15.4. The fraction of sp³-hybridized carbons (Fsp3) is 0.763. The number of allylic oxidation sites excluding steroid dienone is 6. The first-order chi connectivity index (χ1) is 20.3. The van der Waals surface area contributed by atoms with Crippen LogP contribution in [0.2, 0.25) is 53.0 Å². The standard InChI is InChI=1S/C13H25NO.C13H17.C10H22Si2.C2H4.Ti/c14-13(15)12-10-8-6-4-2-1-3-5-7-9-11-12;1-3-7-12-10(5-1)9-11-6-2-4-8-13(11)12;1-9(11(3,4)5)10(2)12(6,7)8;1-2;/h12H,1-11H2,(H2,14,15);1,3,5,7,9-13H,2,4,6,8H2;1-2H2,3-8H3;1-2H2;/q;;;;+1/p-1. The maximum atomic E-state index is 13.7. The van der Waals surface area contributed by atoms with Crippen LogP contribution in [0.5, 0.6) is 0 Å². The van der Waals surface area contributed by atoms with E-state index in [1.165, 1.54) is 103 Å². The molecule has 3 saturated carbocycles. The Kier molecular flexibility index (Phi) is 12.7. The number of carbonyl (C=O) groups excluding carboxylic acids is 1. The van der Waals surface area contributed by atoms with Gasteiger partial charge in [0, 0.05) is 0 Å². The predicted octanol–water partition coefficient (Wildman–Crippen LogP) is 11.8. The topological polar surface area (TPSA) is 29.1 Å². The molecule has 43 heavy (non-hydrogen) atoms. The van der Waals surface area contributed by atoms with Gasteiger partial charge >= 0.3 is 195 Å². The van der Waals surface area contributed by atoms with Gasteiger partial charge in [-0.1, -0.05) is 62.8 Å². The summed E-state index contributed by atoms with van der Waals surface area (Å²) < 4.78 is 7.63. The van der Waals surface area contributed by atoms with Gasteiger partial charge in [0.15, 0.2) is 0 Å². The number of amides is 1. The Balaban J connectivity index is 0.000000301. The minimum atomic E-state index is -2.25. The number of nitrogens with one attached hydrogen (secondary N) is 1. The fourth-order valence-corrected chi connectivity index (χ4v) is 21.5. The van der Waals surface area contributed by atoms with Gasteiger partial charge in [0.05, 0.1) is 16.1 Å². The summed E-state index contributed by atoms with van der Waals surface area (Å²) in [5.41, 5.74) is 0.